The fourth-order valence-electron chi connectivity index (χ4n) is 0.377. The summed E-state index contributed by atoms with van der Waals surface area (Å²) in [6.07, 6.45) is -4.60. The van der Waals surface area contributed by atoms with Gasteiger partial charge in [0.05, 0.1) is 0 Å². The number of thioether (sulfide) groups is 1. The first kappa shape index (κ1) is 10.5. The lowest BCUT2D eigenvalue weighted by Gasteiger charge is -2.05. The van der Waals surface area contributed by atoms with Gasteiger partial charge in [0.15, 0.2) is 5.04 Å². The van der Waals surface area contributed by atoms with Gasteiger partial charge in [0.1, 0.15) is 0 Å². The van der Waals surface area contributed by atoms with Crippen molar-refractivity contribution >= 4 is 23.2 Å². The molecule has 0 bridgehead atoms. The van der Waals surface area contributed by atoms with Gasteiger partial charge in [0.2, 0.25) is 6.41 Å². The lowest BCUT2D eigenvalue weighted by molar-refractivity contribution is -0.107. The number of rotatable bonds is 2. The third-order valence-electron chi connectivity index (χ3n) is 0.694. The summed E-state index contributed by atoms with van der Waals surface area (Å²) in [6.45, 7) is 1.55. The van der Waals surface area contributed by atoms with Gasteiger partial charge in [-0.1, -0.05) is 6.92 Å². The maximum atomic E-state index is 11.8. The first-order valence-corrected chi connectivity index (χ1v) is 3.72. The smallest absolute Gasteiger partial charge is 0.276 e. The van der Waals surface area contributed by atoms with Crippen molar-refractivity contribution in [2.45, 2.75) is 13.1 Å². The quantitative estimate of drug-likeness (QED) is 0.373. The zero-order valence-electron chi connectivity index (χ0n) is 5.68. The number of nitrogens with zero attached hydrogens (tertiary/aromatic N) is 1. The van der Waals surface area contributed by atoms with Crippen LogP contribution in [-0.2, 0) is 4.79 Å². The highest BCUT2D eigenvalue weighted by atomic mass is 32.2. The number of carbonyl (C=O) groups excluding carboxylic acids is 1. The molecular formula is C5H6F3NOS. The van der Waals surface area contributed by atoms with Gasteiger partial charge in [-0.15, -0.1) is 11.8 Å². The minimum Gasteiger partial charge on any atom is -0.276 e. The number of halogens is 3. The summed E-state index contributed by atoms with van der Waals surface area (Å²) < 4.78 is 35.4. The molecule has 0 aromatic rings. The van der Waals surface area contributed by atoms with Gasteiger partial charge in [-0.05, 0) is 5.75 Å². The van der Waals surface area contributed by atoms with Crippen molar-refractivity contribution in [2.24, 2.45) is 4.99 Å². The summed E-state index contributed by atoms with van der Waals surface area (Å²) in [5, 5.41) is -1.09. The Bertz CT molecular complexity index is 166. The fraction of sp³-hybridized carbons (Fsp3) is 0.600. The van der Waals surface area contributed by atoms with Gasteiger partial charge in [-0.2, -0.15) is 13.2 Å². The molecule has 0 heterocycles. The molecule has 11 heavy (non-hydrogen) atoms. The van der Waals surface area contributed by atoms with Crippen LogP contribution in [0, 0.1) is 0 Å². The Morgan fingerprint density at radius 3 is 2.45 bits per heavy atom. The number of alkyl halides is 3. The number of hydrogen-bond donors (Lipinski definition) is 0. The molecule has 6 heteroatoms. The SMILES string of the molecule is CCS/C(=N\C=O)C(F)(F)F. The van der Waals surface area contributed by atoms with Crippen molar-refractivity contribution in [1.29, 1.82) is 0 Å². The lowest BCUT2D eigenvalue weighted by atomic mass is 10.7. The van der Waals surface area contributed by atoms with E-state index in [-0.39, 0.29) is 12.2 Å². The first-order chi connectivity index (χ1) is 5.02. The summed E-state index contributed by atoms with van der Waals surface area (Å²) in [5.41, 5.74) is 0. The van der Waals surface area contributed by atoms with Crippen LogP contribution >= 0.6 is 11.8 Å². The van der Waals surface area contributed by atoms with Crippen molar-refractivity contribution in [2.75, 3.05) is 5.75 Å². The van der Waals surface area contributed by atoms with E-state index >= 15 is 0 Å². The molecule has 0 radical (unpaired) electrons. The summed E-state index contributed by atoms with van der Waals surface area (Å²) in [6, 6.07) is 0. The van der Waals surface area contributed by atoms with Crippen LogP contribution in [0.2, 0.25) is 0 Å². The van der Waals surface area contributed by atoms with E-state index in [2.05, 4.69) is 4.99 Å². The molecule has 2 nitrogen and oxygen atoms in total. The Balaban J connectivity index is 4.34. The molecule has 0 aliphatic heterocycles. The molecule has 0 aliphatic carbocycles. The predicted molar refractivity (Wildman–Crippen MR) is 37.7 cm³/mol. The minimum absolute atomic E-state index is 0.106. The number of amides is 1. The second kappa shape index (κ2) is 4.38. The van der Waals surface area contributed by atoms with Crippen molar-refractivity contribution in [1.82, 2.24) is 0 Å². The lowest BCUT2D eigenvalue weighted by Crippen LogP contribution is -2.19. The van der Waals surface area contributed by atoms with Gasteiger partial charge >= 0.3 is 6.18 Å². The van der Waals surface area contributed by atoms with E-state index in [0.29, 0.717) is 11.8 Å². The molecule has 1 amide bonds. The Labute approximate surface area is 65.9 Å². The van der Waals surface area contributed by atoms with Crippen molar-refractivity contribution < 1.29 is 18.0 Å². The molecule has 0 unspecified atom stereocenters. The summed E-state index contributed by atoms with van der Waals surface area (Å²) >= 11 is 0.502. The largest absolute Gasteiger partial charge is 0.439 e. The molecule has 0 spiro atoms. The maximum Gasteiger partial charge on any atom is 0.439 e. The Hall–Kier alpha value is -0.520. The zero-order valence-corrected chi connectivity index (χ0v) is 6.50. The van der Waals surface area contributed by atoms with E-state index in [1.54, 1.807) is 6.92 Å². The van der Waals surface area contributed by atoms with Crippen LogP contribution in [0.4, 0.5) is 13.2 Å². The molecule has 0 aliphatic rings. The van der Waals surface area contributed by atoms with Crippen LogP contribution in [-0.4, -0.2) is 23.4 Å². The zero-order chi connectivity index (χ0) is 8.91. The monoisotopic (exact) mass is 185 g/mol. The van der Waals surface area contributed by atoms with Gasteiger partial charge in [-0.25, -0.2) is 4.99 Å². The predicted octanol–water partition coefficient (Wildman–Crippen LogP) is 1.86. The van der Waals surface area contributed by atoms with Crippen molar-refractivity contribution in [3.05, 3.63) is 0 Å². The van der Waals surface area contributed by atoms with E-state index < -0.39 is 11.2 Å². The van der Waals surface area contributed by atoms with Crippen LogP contribution in [0.3, 0.4) is 0 Å². The molecule has 0 aromatic carbocycles. The van der Waals surface area contributed by atoms with E-state index in [1.165, 1.54) is 0 Å². The number of hydrogen-bond acceptors (Lipinski definition) is 2. The summed E-state index contributed by atoms with van der Waals surface area (Å²) in [5.74, 6) is 0.242. The van der Waals surface area contributed by atoms with E-state index in [9.17, 15) is 18.0 Å². The molecular weight excluding hydrogens is 179 g/mol. The molecule has 0 N–H and O–H groups in total. The Morgan fingerprint density at radius 2 is 2.18 bits per heavy atom. The highest BCUT2D eigenvalue weighted by Crippen LogP contribution is 2.24. The maximum absolute atomic E-state index is 11.8. The number of carbonyl (C=O) groups is 1. The summed E-state index contributed by atoms with van der Waals surface area (Å²) in [7, 11) is 0. The van der Waals surface area contributed by atoms with Gasteiger partial charge in [0.25, 0.3) is 0 Å². The Morgan fingerprint density at radius 1 is 1.64 bits per heavy atom. The van der Waals surface area contributed by atoms with Crippen LogP contribution in [0.1, 0.15) is 6.92 Å². The minimum atomic E-state index is -4.50. The fourth-order valence-corrected chi connectivity index (χ4v) is 0.932. The second-order valence-corrected chi connectivity index (χ2v) is 2.72. The molecule has 0 aromatic heterocycles. The van der Waals surface area contributed by atoms with Gasteiger partial charge < -0.3 is 0 Å². The van der Waals surface area contributed by atoms with Gasteiger partial charge in [0, 0.05) is 0 Å². The summed E-state index contributed by atoms with van der Waals surface area (Å²) in [4.78, 5) is 12.3. The topological polar surface area (TPSA) is 29.4 Å². The van der Waals surface area contributed by atoms with Crippen molar-refractivity contribution in [3.8, 4) is 0 Å². The average molecular weight is 185 g/mol. The van der Waals surface area contributed by atoms with Crippen LogP contribution < -0.4 is 0 Å². The standard InChI is InChI=1S/C5H6F3NOS/c1-2-11-4(9-3-10)5(6,7)8/h3H,2H2,1H3/b9-4-. The second-order valence-electron chi connectivity index (χ2n) is 1.47. The molecule has 0 rings (SSSR count). The third kappa shape index (κ3) is 4.02. The highest BCUT2D eigenvalue weighted by molar-refractivity contribution is 8.14. The van der Waals surface area contributed by atoms with E-state index in [1.807, 2.05) is 0 Å². The highest BCUT2D eigenvalue weighted by Gasteiger charge is 2.35. The van der Waals surface area contributed by atoms with Gasteiger partial charge in [-0.3, -0.25) is 4.79 Å². The molecule has 0 saturated carbocycles. The molecule has 0 atom stereocenters. The first-order valence-electron chi connectivity index (χ1n) is 2.73. The third-order valence-corrected chi connectivity index (χ3v) is 1.59. The van der Waals surface area contributed by atoms with Crippen molar-refractivity contribution in [3.63, 3.8) is 0 Å². The van der Waals surface area contributed by atoms with E-state index in [4.69, 9.17) is 0 Å². The van der Waals surface area contributed by atoms with E-state index in [0.717, 1.165) is 0 Å². The number of aliphatic imine (C=N–C) groups is 1. The molecule has 64 valence electrons. The van der Waals surface area contributed by atoms with Crippen LogP contribution in [0.25, 0.3) is 0 Å². The Kier molecular flexibility index (Phi) is 4.17. The molecule has 0 fully saturated rings. The van der Waals surface area contributed by atoms with Crippen LogP contribution in [0.5, 0.6) is 0 Å². The normalized spacial score (nSPS) is 13.3. The average Bonchev–Trinajstić information content (AvgIpc) is 1.85. The van der Waals surface area contributed by atoms with Crippen LogP contribution in [0.15, 0.2) is 4.99 Å². The molecule has 0 saturated heterocycles.